The fourth-order valence-corrected chi connectivity index (χ4v) is 4.24. The number of carbonyl (C=O) groups excluding carboxylic acids is 2. The zero-order valence-corrected chi connectivity index (χ0v) is 20.7. The van der Waals surface area contributed by atoms with Gasteiger partial charge in [-0.05, 0) is 78.4 Å². The third kappa shape index (κ3) is 5.60. The molecule has 0 saturated heterocycles. The molecule has 0 spiro atoms. The average Bonchev–Trinajstić information content (AvgIpc) is 3.44. The lowest BCUT2D eigenvalue weighted by atomic mass is 9.97. The Balaban J connectivity index is 1.67. The minimum atomic E-state index is -0.544. The van der Waals surface area contributed by atoms with Gasteiger partial charge in [-0.1, -0.05) is 24.3 Å². The van der Waals surface area contributed by atoms with Crippen LogP contribution < -0.4 is 0 Å². The molecule has 2 heterocycles. The second-order valence-electron chi connectivity index (χ2n) is 11.2. The van der Waals surface area contributed by atoms with E-state index < -0.39 is 11.2 Å². The molecule has 1 aliphatic carbocycles. The molecule has 33 heavy (non-hydrogen) atoms. The number of hydrogen-bond donors (Lipinski definition) is 0. The quantitative estimate of drug-likeness (QED) is 0.531. The summed E-state index contributed by atoms with van der Waals surface area (Å²) in [6, 6.07) is 8.19. The van der Waals surface area contributed by atoms with Crippen LogP contribution in [0, 0.1) is 5.92 Å². The molecule has 0 bridgehead atoms. The number of ether oxygens (including phenoxy) is 2. The Bertz CT molecular complexity index is 1090. The highest BCUT2D eigenvalue weighted by atomic mass is 16.6. The molecule has 6 nitrogen and oxygen atoms in total. The topological polar surface area (TPSA) is 60.8 Å². The van der Waals surface area contributed by atoms with Gasteiger partial charge in [-0.2, -0.15) is 0 Å². The fourth-order valence-electron chi connectivity index (χ4n) is 4.24. The first kappa shape index (κ1) is 23.4. The number of amides is 1. The smallest absolute Gasteiger partial charge is 0.410 e. The summed E-state index contributed by atoms with van der Waals surface area (Å²) < 4.78 is 13.4. The van der Waals surface area contributed by atoms with E-state index in [0.29, 0.717) is 24.7 Å². The summed E-state index contributed by atoms with van der Waals surface area (Å²) in [4.78, 5) is 27.3. The first-order chi connectivity index (χ1) is 15.4. The largest absolute Gasteiger partial charge is 0.455 e. The number of rotatable bonds is 4. The highest BCUT2D eigenvalue weighted by molar-refractivity contribution is 6.00. The van der Waals surface area contributed by atoms with Gasteiger partial charge in [0.15, 0.2) is 0 Å². The zero-order chi connectivity index (χ0) is 24.0. The number of nitrogens with zero attached hydrogens (tertiary/aromatic N) is 2. The van der Waals surface area contributed by atoms with E-state index in [2.05, 4.69) is 22.8 Å². The van der Waals surface area contributed by atoms with Gasteiger partial charge >= 0.3 is 12.1 Å². The van der Waals surface area contributed by atoms with E-state index in [4.69, 9.17) is 9.47 Å². The SMILES string of the molecule is CC(C)(C)OC(=O)c1cc2cccc(C3=CCN(C(=O)OC(C)(C)C)CC3)c2n1CC1CC1. The van der Waals surface area contributed by atoms with Crippen LogP contribution in [-0.2, 0) is 16.0 Å². The van der Waals surface area contributed by atoms with Crippen molar-refractivity contribution in [3.63, 3.8) is 0 Å². The summed E-state index contributed by atoms with van der Waals surface area (Å²) >= 11 is 0. The summed E-state index contributed by atoms with van der Waals surface area (Å²) in [7, 11) is 0. The van der Waals surface area contributed by atoms with E-state index in [9.17, 15) is 9.59 Å². The van der Waals surface area contributed by atoms with Crippen LogP contribution in [-0.4, -0.2) is 45.8 Å². The van der Waals surface area contributed by atoms with Crippen LogP contribution in [0.1, 0.15) is 76.9 Å². The highest BCUT2D eigenvalue weighted by Crippen LogP contribution is 2.37. The van der Waals surface area contributed by atoms with Crippen molar-refractivity contribution in [3.05, 3.63) is 41.6 Å². The summed E-state index contributed by atoms with van der Waals surface area (Å²) in [5.74, 6) is 0.330. The van der Waals surface area contributed by atoms with Crippen LogP contribution in [0.4, 0.5) is 4.79 Å². The Morgan fingerprint density at radius 3 is 2.30 bits per heavy atom. The summed E-state index contributed by atoms with van der Waals surface area (Å²) in [6.45, 7) is 13.3. The Morgan fingerprint density at radius 1 is 1.03 bits per heavy atom. The molecule has 0 radical (unpaired) electrons. The Hall–Kier alpha value is -2.76. The first-order valence-corrected chi connectivity index (χ1v) is 11.9. The number of hydrogen-bond acceptors (Lipinski definition) is 4. The molecule has 2 aliphatic rings. The molecule has 4 rings (SSSR count). The third-order valence-electron chi connectivity index (χ3n) is 5.87. The normalized spacial score (nSPS) is 17.2. The molecule has 6 heteroatoms. The van der Waals surface area contributed by atoms with Gasteiger partial charge in [0, 0.05) is 30.6 Å². The number of aromatic nitrogens is 1. The van der Waals surface area contributed by atoms with Crippen LogP contribution >= 0.6 is 0 Å². The van der Waals surface area contributed by atoms with Gasteiger partial charge in [0.1, 0.15) is 16.9 Å². The summed E-state index contributed by atoms with van der Waals surface area (Å²) in [5.41, 5.74) is 2.98. The maximum atomic E-state index is 13.1. The minimum Gasteiger partial charge on any atom is -0.455 e. The standard InChI is InChI=1S/C27H36N2O4/c1-26(2,3)32-24(30)22-16-20-8-7-9-21(23(20)29(22)17-18-10-11-18)19-12-14-28(15-13-19)25(31)33-27(4,5)6/h7-9,12,16,18H,10-11,13-15,17H2,1-6H3. The Morgan fingerprint density at radius 2 is 1.73 bits per heavy atom. The lowest BCUT2D eigenvalue weighted by Crippen LogP contribution is -2.39. The molecule has 1 amide bonds. The maximum Gasteiger partial charge on any atom is 0.410 e. The van der Waals surface area contributed by atoms with E-state index in [-0.39, 0.29) is 12.1 Å². The van der Waals surface area contributed by atoms with Gasteiger partial charge in [0.25, 0.3) is 0 Å². The van der Waals surface area contributed by atoms with Crippen LogP contribution in [0.25, 0.3) is 16.5 Å². The molecule has 1 fully saturated rings. The molecule has 1 saturated carbocycles. The van der Waals surface area contributed by atoms with Crippen molar-refractivity contribution in [2.45, 2.75) is 78.6 Å². The van der Waals surface area contributed by atoms with Gasteiger partial charge in [-0.25, -0.2) is 9.59 Å². The van der Waals surface area contributed by atoms with Gasteiger partial charge < -0.3 is 18.9 Å². The monoisotopic (exact) mass is 452 g/mol. The van der Waals surface area contributed by atoms with E-state index >= 15 is 0 Å². The molecule has 1 aromatic carbocycles. The Kier molecular flexibility index (Phi) is 6.06. The van der Waals surface area contributed by atoms with Gasteiger partial charge in [-0.3, -0.25) is 0 Å². The van der Waals surface area contributed by atoms with Crippen LogP contribution in [0.5, 0.6) is 0 Å². The van der Waals surface area contributed by atoms with E-state index in [0.717, 1.165) is 29.4 Å². The lowest BCUT2D eigenvalue weighted by molar-refractivity contribution is 0.00572. The third-order valence-corrected chi connectivity index (χ3v) is 5.87. The first-order valence-electron chi connectivity index (χ1n) is 11.9. The van der Waals surface area contributed by atoms with Crippen molar-refractivity contribution in [1.29, 1.82) is 0 Å². The van der Waals surface area contributed by atoms with E-state index in [1.165, 1.54) is 18.4 Å². The number of benzene rings is 1. The summed E-state index contributed by atoms with van der Waals surface area (Å²) in [5, 5.41) is 1.05. The molecule has 1 aromatic heterocycles. The second-order valence-corrected chi connectivity index (χ2v) is 11.2. The van der Waals surface area contributed by atoms with Gasteiger partial charge in [0.2, 0.25) is 0 Å². The van der Waals surface area contributed by atoms with Crippen molar-refractivity contribution >= 4 is 28.5 Å². The highest BCUT2D eigenvalue weighted by Gasteiger charge is 2.29. The second kappa shape index (κ2) is 8.54. The van der Waals surface area contributed by atoms with E-state index in [1.807, 2.05) is 53.7 Å². The van der Waals surface area contributed by atoms with Crippen molar-refractivity contribution in [2.24, 2.45) is 5.92 Å². The molecule has 2 aromatic rings. The maximum absolute atomic E-state index is 13.1. The van der Waals surface area contributed by atoms with Crippen LogP contribution in [0.2, 0.25) is 0 Å². The predicted molar refractivity (Wildman–Crippen MR) is 130 cm³/mol. The summed E-state index contributed by atoms with van der Waals surface area (Å²) in [6.07, 6.45) is 4.98. The molecular weight excluding hydrogens is 416 g/mol. The Labute approximate surface area is 196 Å². The zero-order valence-electron chi connectivity index (χ0n) is 20.7. The fraction of sp³-hybridized carbons (Fsp3) is 0.556. The molecule has 1 aliphatic heterocycles. The van der Waals surface area contributed by atoms with Crippen LogP contribution in [0.15, 0.2) is 30.3 Å². The van der Waals surface area contributed by atoms with Crippen molar-refractivity contribution < 1.29 is 19.1 Å². The van der Waals surface area contributed by atoms with Crippen molar-refractivity contribution in [1.82, 2.24) is 9.47 Å². The molecule has 178 valence electrons. The molecule has 0 N–H and O–H groups in total. The molecular formula is C27H36N2O4. The van der Waals surface area contributed by atoms with Gasteiger partial charge in [-0.15, -0.1) is 0 Å². The van der Waals surface area contributed by atoms with Crippen molar-refractivity contribution in [2.75, 3.05) is 13.1 Å². The lowest BCUT2D eigenvalue weighted by Gasteiger charge is -2.30. The molecule has 0 unspecified atom stereocenters. The van der Waals surface area contributed by atoms with E-state index in [1.54, 1.807) is 4.90 Å². The number of esters is 1. The molecule has 0 atom stereocenters. The average molecular weight is 453 g/mol. The van der Waals surface area contributed by atoms with Crippen molar-refractivity contribution in [3.8, 4) is 0 Å². The number of carbonyl (C=O) groups is 2. The van der Waals surface area contributed by atoms with Crippen LogP contribution in [0.3, 0.4) is 0 Å². The number of para-hydroxylation sites is 1. The number of fused-ring (bicyclic) bond motifs is 1. The van der Waals surface area contributed by atoms with Gasteiger partial charge in [0.05, 0.1) is 5.52 Å². The predicted octanol–water partition coefficient (Wildman–Crippen LogP) is 6.03. The minimum absolute atomic E-state index is 0.277.